The van der Waals surface area contributed by atoms with Crippen LogP contribution < -0.4 is 10.5 Å². The van der Waals surface area contributed by atoms with Gasteiger partial charge in [-0.1, -0.05) is 18.2 Å². The monoisotopic (exact) mass is 359 g/mol. The molecular formula is C15H13BrF3NO. The molecule has 0 aliphatic heterocycles. The molecule has 0 amide bonds. The fourth-order valence-corrected chi connectivity index (χ4v) is 2.32. The molecule has 21 heavy (non-hydrogen) atoms. The van der Waals surface area contributed by atoms with E-state index in [-0.39, 0.29) is 4.47 Å². The molecule has 0 atom stereocenters. The first-order chi connectivity index (χ1) is 9.88. The largest absolute Gasteiger partial charge is 0.492 e. The minimum Gasteiger partial charge on any atom is -0.492 e. The second-order valence-electron chi connectivity index (χ2n) is 4.44. The predicted molar refractivity (Wildman–Crippen MR) is 79.2 cm³/mol. The topological polar surface area (TPSA) is 35.2 Å². The number of halogens is 4. The zero-order valence-electron chi connectivity index (χ0n) is 11.0. The van der Waals surface area contributed by atoms with Gasteiger partial charge in [-0.25, -0.2) is 0 Å². The summed E-state index contributed by atoms with van der Waals surface area (Å²) < 4.78 is 43.4. The van der Waals surface area contributed by atoms with Crippen LogP contribution in [-0.2, 0) is 12.6 Å². The minimum absolute atomic E-state index is 0.276. The first-order valence-corrected chi connectivity index (χ1v) is 7.00. The lowest BCUT2D eigenvalue weighted by Crippen LogP contribution is -2.07. The van der Waals surface area contributed by atoms with Gasteiger partial charge in [-0.05, 0) is 45.8 Å². The number of alkyl halides is 3. The standard InChI is InChI=1S/C15H13BrF3NO/c16-12-9-11(15(17,18)19)5-6-14(12)21-8-7-10-3-1-2-4-13(10)20/h1-6,9H,7-8,20H2. The second-order valence-corrected chi connectivity index (χ2v) is 5.29. The Labute approximate surface area is 128 Å². The normalized spacial score (nSPS) is 11.4. The Kier molecular flexibility index (Phi) is 4.77. The van der Waals surface area contributed by atoms with Crippen LogP contribution >= 0.6 is 15.9 Å². The first-order valence-electron chi connectivity index (χ1n) is 6.21. The summed E-state index contributed by atoms with van der Waals surface area (Å²) in [5.74, 6) is 0.373. The fraction of sp³-hybridized carbons (Fsp3) is 0.200. The van der Waals surface area contributed by atoms with Crippen molar-refractivity contribution in [3.05, 3.63) is 58.1 Å². The Morgan fingerprint density at radius 3 is 2.43 bits per heavy atom. The van der Waals surface area contributed by atoms with Crippen molar-refractivity contribution in [2.75, 3.05) is 12.3 Å². The minimum atomic E-state index is -4.36. The Morgan fingerprint density at radius 1 is 1.10 bits per heavy atom. The summed E-state index contributed by atoms with van der Waals surface area (Å²) in [6.45, 7) is 0.332. The lowest BCUT2D eigenvalue weighted by molar-refractivity contribution is -0.137. The highest BCUT2D eigenvalue weighted by Crippen LogP contribution is 2.34. The highest BCUT2D eigenvalue weighted by molar-refractivity contribution is 9.10. The van der Waals surface area contributed by atoms with Crippen molar-refractivity contribution in [3.8, 4) is 5.75 Å². The lowest BCUT2D eigenvalue weighted by Gasteiger charge is -2.12. The molecule has 0 aliphatic carbocycles. The molecule has 0 spiro atoms. The molecular weight excluding hydrogens is 347 g/mol. The van der Waals surface area contributed by atoms with E-state index in [0.717, 1.165) is 17.7 Å². The van der Waals surface area contributed by atoms with Crippen molar-refractivity contribution in [1.29, 1.82) is 0 Å². The molecule has 2 N–H and O–H groups in total. The molecule has 0 unspecified atom stereocenters. The highest BCUT2D eigenvalue weighted by Gasteiger charge is 2.30. The molecule has 2 nitrogen and oxygen atoms in total. The first kappa shape index (κ1) is 15.7. The van der Waals surface area contributed by atoms with Gasteiger partial charge in [-0.15, -0.1) is 0 Å². The van der Waals surface area contributed by atoms with Crippen molar-refractivity contribution >= 4 is 21.6 Å². The fourth-order valence-electron chi connectivity index (χ4n) is 1.83. The van der Waals surface area contributed by atoms with Crippen LogP contribution in [0.5, 0.6) is 5.75 Å². The number of hydrogen-bond acceptors (Lipinski definition) is 2. The summed E-state index contributed by atoms with van der Waals surface area (Å²) >= 11 is 3.09. The number of benzene rings is 2. The van der Waals surface area contributed by atoms with Crippen LogP contribution in [0.3, 0.4) is 0 Å². The molecule has 112 valence electrons. The molecule has 6 heteroatoms. The summed E-state index contributed by atoms with van der Waals surface area (Å²) in [5, 5.41) is 0. The Morgan fingerprint density at radius 2 is 1.81 bits per heavy atom. The van der Waals surface area contributed by atoms with Gasteiger partial charge in [0.15, 0.2) is 0 Å². The van der Waals surface area contributed by atoms with Crippen LogP contribution in [0.2, 0.25) is 0 Å². The molecule has 0 saturated carbocycles. The molecule has 0 radical (unpaired) electrons. The van der Waals surface area contributed by atoms with Gasteiger partial charge < -0.3 is 10.5 Å². The summed E-state index contributed by atoms with van der Waals surface area (Å²) in [6.07, 6.45) is -3.78. The van der Waals surface area contributed by atoms with Crippen LogP contribution in [0, 0.1) is 0 Å². The van der Waals surface area contributed by atoms with Crippen LogP contribution in [0.4, 0.5) is 18.9 Å². The Hall–Kier alpha value is -1.69. The van der Waals surface area contributed by atoms with Crippen molar-refractivity contribution in [2.24, 2.45) is 0 Å². The van der Waals surface area contributed by atoms with E-state index < -0.39 is 11.7 Å². The van der Waals surface area contributed by atoms with E-state index in [2.05, 4.69) is 15.9 Å². The molecule has 2 aromatic carbocycles. The van der Waals surface area contributed by atoms with Gasteiger partial charge >= 0.3 is 6.18 Å². The second kappa shape index (κ2) is 6.39. The van der Waals surface area contributed by atoms with Crippen molar-refractivity contribution < 1.29 is 17.9 Å². The third kappa shape index (κ3) is 4.14. The summed E-state index contributed by atoms with van der Waals surface area (Å²) in [6, 6.07) is 10.7. The third-order valence-corrected chi connectivity index (χ3v) is 3.56. The maximum atomic E-state index is 12.5. The van der Waals surface area contributed by atoms with E-state index in [4.69, 9.17) is 10.5 Å². The smallest absolute Gasteiger partial charge is 0.416 e. The summed E-state index contributed by atoms with van der Waals surface area (Å²) in [7, 11) is 0. The van der Waals surface area contributed by atoms with Crippen LogP contribution in [-0.4, -0.2) is 6.61 Å². The average Bonchev–Trinajstić information content (AvgIpc) is 2.41. The molecule has 2 rings (SSSR count). The van der Waals surface area contributed by atoms with Gasteiger partial charge in [-0.2, -0.15) is 13.2 Å². The van der Waals surface area contributed by atoms with Crippen molar-refractivity contribution in [2.45, 2.75) is 12.6 Å². The number of ether oxygens (including phenoxy) is 1. The van der Waals surface area contributed by atoms with Gasteiger partial charge in [0.25, 0.3) is 0 Å². The van der Waals surface area contributed by atoms with Gasteiger partial charge in [0.2, 0.25) is 0 Å². The molecule has 0 bridgehead atoms. The Bertz CT molecular complexity index is 629. The van der Waals surface area contributed by atoms with Crippen LogP contribution in [0.15, 0.2) is 46.9 Å². The zero-order chi connectivity index (χ0) is 15.5. The average molecular weight is 360 g/mol. The number of nitrogen functional groups attached to an aromatic ring is 1. The van der Waals surface area contributed by atoms with Gasteiger partial charge in [-0.3, -0.25) is 0 Å². The maximum Gasteiger partial charge on any atom is 0.416 e. The molecule has 0 saturated heterocycles. The molecule has 0 aliphatic rings. The maximum absolute atomic E-state index is 12.5. The number of anilines is 1. The van der Waals surface area contributed by atoms with E-state index in [0.29, 0.717) is 24.5 Å². The number of hydrogen-bond donors (Lipinski definition) is 1. The van der Waals surface area contributed by atoms with E-state index >= 15 is 0 Å². The quantitative estimate of drug-likeness (QED) is 0.805. The predicted octanol–water partition coefficient (Wildman–Crippen LogP) is 4.67. The highest BCUT2D eigenvalue weighted by atomic mass is 79.9. The van der Waals surface area contributed by atoms with Gasteiger partial charge in [0.1, 0.15) is 5.75 Å². The summed E-state index contributed by atoms with van der Waals surface area (Å²) in [4.78, 5) is 0. The SMILES string of the molecule is Nc1ccccc1CCOc1ccc(C(F)(F)F)cc1Br. The molecule has 0 fully saturated rings. The van der Waals surface area contributed by atoms with Crippen LogP contribution in [0.1, 0.15) is 11.1 Å². The molecule has 0 heterocycles. The Balaban J connectivity index is 2.00. The van der Waals surface area contributed by atoms with E-state index in [1.807, 2.05) is 18.2 Å². The van der Waals surface area contributed by atoms with E-state index in [9.17, 15) is 13.2 Å². The number of nitrogens with two attached hydrogens (primary N) is 1. The van der Waals surface area contributed by atoms with Gasteiger partial charge in [0.05, 0.1) is 16.6 Å². The van der Waals surface area contributed by atoms with Crippen molar-refractivity contribution in [1.82, 2.24) is 0 Å². The van der Waals surface area contributed by atoms with Gasteiger partial charge in [0, 0.05) is 12.1 Å². The zero-order valence-corrected chi connectivity index (χ0v) is 12.5. The molecule has 2 aromatic rings. The van der Waals surface area contributed by atoms with Crippen LogP contribution in [0.25, 0.3) is 0 Å². The van der Waals surface area contributed by atoms with E-state index in [1.54, 1.807) is 6.07 Å². The number of para-hydroxylation sites is 1. The third-order valence-electron chi connectivity index (χ3n) is 2.94. The lowest BCUT2D eigenvalue weighted by atomic mass is 10.1. The number of rotatable bonds is 4. The summed E-state index contributed by atoms with van der Waals surface area (Å²) in [5.41, 5.74) is 6.71. The van der Waals surface area contributed by atoms with E-state index in [1.165, 1.54) is 6.07 Å². The van der Waals surface area contributed by atoms with Crippen molar-refractivity contribution in [3.63, 3.8) is 0 Å². The molecule has 0 aromatic heterocycles.